The van der Waals surface area contributed by atoms with Crippen LogP contribution in [0.2, 0.25) is 0 Å². The molecule has 3 aromatic rings. The van der Waals surface area contributed by atoms with Gasteiger partial charge in [0.2, 0.25) is 0 Å². The summed E-state index contributed by atoms with van der Waals surface area (Å²) in [6.07, 6.45) is 2.20. The lowest BCUT2D eigenvalue weighted by atomic mass is 9.75. The van der Waals surface area contributed by atoms with Gasteiger partial charge in [-0.15, -0.1) is 0 Å². The van der Waals surface area contributed by atoms with E-state index in [2.05, 4.69) is 5.10 Å². The van der Waals surface area contributed by atoms with Gasteiger partial charge in [0.15, 0.2) is 0 Å². The summed E-state index contributed by atoms with van der Waals surface area (Å²) in [6, 6.07) is 8.93. The number of rotatable bonds is 3. The smallest absolute Gasteiger partial charge is 0.399 e. The zero-order chi connectivity index (χ0) is 24.3. The van der Waals surface area contributed by atoms with E-state index in [9.17, 15) is 4.79 Å². The molecule has 1 fully saturated rings. The van der Waals surface area contributed by atoms with E-state index >= 15 is 4.39 Å². The van der Waals surface area contributed by atoms with Crippen molar-refractivity contribution in [3.8, 4) is 5.69 Å². The molecule has 0 N–H and O–H groups in total. The first kappa shape index (κ1) is 23.6. The Morgan fingerprint density at radius 2 is 1.73 bits per heavy atom. The van der Waals surface area contributed by atoms with Gasteiger partial charge in [-0.25, -0.2) is 4.39 Å². The van der Waals surface area contributed by atoms with Crippen LogP contribution in [-0.4, -0.2) is 28.1 Å². The van der Waals surface area contributed by atoms with Crippen molar-refractivity contribution in [2.75, 3.05) is 0 Å². The van der Waals surface area contributed by atoms with Gasteiger partial charge in [0.1, 0.15) is 5.82 Å². The lowest BCUT2D eigenvalue weighted by Gasteiger charge is -2.32. The second-order valence-electron chi connectivity index (χ2n) is 10.8. The predicted molar refractivity (Wildman–Crippen MR) is 131 cm³/mol. The summed E-state index contributed by atoms with van der Waals surface area (Å²) in [5.74, 6) is -0.529. The van der Waals surface area contributed by atoms with Crippen LogP contribution < -0.4 is 11.0 Å². The third-order valence-electron chi connectivity index (χ3n) is 6.98. The molecular formula is C26H32BFN2O3. The van der Waals surface area contributed by atoms with Gasteiger partial charge < -0.3 is 9.31 Å². The lowest BCUT2D eigenvalue weighted by molar-refractivity contribution is 0.00578. The number of aromatic nitrogens is 2. The van der Waals surface area contributed by atoms with E-state index in [1.807, 2.05) is 79.7 Å². The minimum atomic E-state index is -0.563. The molecule has 0 radical (unpaired) electrons. The molecule has 2 aromatic carbocycles. The first-order chi connectivity index (χ1) is 15.3. The summed E-state index contributed by atoms with van der Waals surface area (Å²) in [4.78, 5) is 13.4. The van der Waals surface area contributed by atoms with Gasteiger partial charge in [-0.2, -0.15) is 9.78 Å². The zero-order valence-electron chi connectivity index (χ0n) is 20.7. The van der Waals surface area contributed by atoms with E-state index in [4.69, 9.17) is 9.31 Å². The molecule has 1 aliphatic heterocycles. The number of halogens is 1. The van der Waals surface area contributed by atoms with Gasteiger partial charge >= 0.3 is 7.12 Å². The maximum Gasteiger partial charge on any atom is 0.495 e. The molecule has 0 spiro atoms. The zero-order valence-corrected chi connectivity index (χ0v) is 20.7. The summed E-state index contributed by atoms with van der Waals surface area (Å²) in [6.45, 7) is 16.1. The topological polar surface area (TPSA) is 53.4 Å². The number of nitrogens with zero attached hydrogens (tertiary/aromatic N) is 2. The van der Waals surface area contributed by atoms with Crippen molar-refractivity contribution in [3.05, 3.63) is 63.8 Å². The molecule has 1 aromatic heterocycles. The molecule has 0 unspecified atom stereocenters. The van der Waals surface area contributed by atoms with Gasteiger partial charge in [-0.05, 0) is 74.3 Å². The molecule has 2 heterocycles. The summed E-state index contributed by atoms with van der Waals surface area (Å²) >= 11 is 0. The fourth-order valence-corrected chi connectivity index (χ4v) is 4.20. The molecule has 0 amide bonds. The molecule has 174 valence electrons. The normalized spacial score (nSPS) is 17.7. The van der Waals surface area contributed by atoms with Crippen molar-refractivity contribution in [1.82, 2.24) is 9.78 Å². The number of fused-ring (bicyclic) bond motifs is 1. The Morgan fingerprint density at radius 3 is 2.30 bits per heavy atom. The van der Waals surface area contributed by atoms with Crippen molar-refractivity contribution >= 4 is 23.4 Å². The first-order valence-electron chi connectivity index (χ1n) is 11.5. The molecule has 1 aliphatic rings. The minimum absolute atomic E-state index is 0.0427. The van der Waals surface area contributed by atoms with E-state index < -0.39 is 29.7 Å². The van der Waals surface area contributed by atoms with Crippen molar-refractivity contribution < 1.29 is 13.7 Å². The van der Waals surface area contributed by atoms with Crippen LogP contribution in [-0.2, 0) is 21.1 Å². The molecule has 0 saturated carbocycles. The molecule has 33 heavy (non-hydrogen) atoms. The number of benzene rings is 2. The van der Waals surface area contributed by atoms with E-state index in [1.54, 1.807) is 6.20 Å². The Labute approximate surface area is 195 Å². The fraction of sp³-hybridized carbons (Fsp3) is 0.462. The Bertz CT molecular complexity index is 1280. The van der Waals surface area contributed by atoms with Gasteiger partial charge in [-0.3, -0.25) is 4.79 Å². The molecule has 1 saturated heterocycles. The van der Waals surface area contributed by atoms with Crippen LogP contribution >= 0.6 is 0 Å². The summed E-state index contributed by atoms with van der Waals surface area (Å²) in [7, 11) is -0.563. The van der Waals surface area contributed by atoms with E-state index in [0.29, 0.717) is 17.5 Å². The average Bonchev–Trinajstić information content (AvgIpc) is 2.93. The highest BCUT2D eigenvalue weighted by Crippen LogP contribution is 2.37. The van der Waals surface area contributed by atoms with Gasteiger partial charge in [0, 0.05) is 5.39 Å². The molecule has 0 atom stereocenters. The quantitative estimate of drug-likeness (QED) is 0.544. The predicted octanol–water partition coefficient (Wildman–Crippen LogP) is 4.68. The summed E-state index contributed by atoms with van der Waals surface area (Å²) in [5.41, 5.74) is 1.49. The molecule has 5 nitrogen and oxygen atoms in total. The highest BCUT2D eigenvalue weighted by atomic mass is 19.1. The van der Waals surface area contributed by atoms with Crippen LogP contribution in [0.15, 0.2) is 41.3 Å². The summed E-state index contributed by atoms with van der Waals surface area (Å²) < 4.78 is 28.9. The minimum Gasteiger partial charge on any atom is -0.399 e. The highest BCUT2D eigenvalue weighted by Gasteiger charge is 2.52. The van der Waals surface area contributed by atoms with Crippen LogP contribution in [0.25, 0.3) is 16.5 Å². The highest BCUT2D eigenvalue weighted by molar-refractivity contribution is 6.62. The molecule has 0 bridgehead atoms. The Hall–Kier alpha value is -2.51. The average molecular weight is 450 g/mol. The number of hydrogen-bond donors (Lipinski definition) is 0. The lowest BCUT2D eigenvalue weighted by Crippen LogP contribution is -2.41. The van der Waals surface area contributed by atoms with Gasteiger partial charge in [0.25, 0.3) is 5.56 Å². The van der Waals surface area contributed by atoms with Gasteiger partial charge in [-0.1, -0.05) is 39.8 Å². The maximum atomic E-state index is 15.1. The number of hydrogen-bond acceptors (Lipinski definition) is 4. The molecule has 0 aliphatic carbocycles. The van der Waals surface area contributed by atoms with Crippen LogP contribution in [0.3, 0.4) is 0 Å². The van der Waals surface area contributed by atoms with Gasteiger partial charge in [0.05, 0.1) is 28.5 Å². The third kappa shape index (κ3) is 3.91. The van der Waals surface area contributed by atoms with Crippen molar-refractivity contribution in [1.29, 1.82) is 0 Å². The van der Waals surface area contributed by atoms with E-state index in [1.165, 1.54) is 10.7 Å². The Balaban J connectivity index is 1.88. The standard InChI is InChI=1S/C26H32BFN2O3/c1-9-18-19(27-32-25(5,6)26(7,8)33-27)11-10-12-21(18)30-23(31)22-16(15-29-30)13-17(14-20(22)28)24(2,3)4/h10-15H,9H2,1-8H3. The van der Waals surface area contributed by atoms with Crippen LogP contribution in [0.5, 0.6) is 0 Å². The molecule has 4 rings (SSSR count). The van der Waals surface area contributed by atoms with Crippen LogP contribution in [0.4, 0.5) is 4.39 Å². The second-order valence-corrected chi connectivity index (χ2v) is 10.8. The van der Waals surface area contributed by atoms with E-state index in [0.717, 1.165) is 16.6 Å². The maximum absolute atomic E-state index is 15.1. The SMILES string of the molecule is CCc1c(B2OC(C)(C)C(C)(C)O2)cccc1-n1ncc2cc(C(C)(C)C)cc(F)c2c1=O. The first-order valence-corrected chi connectivity index (χ1v) is 11.5. The monoisotopic (exact) mass is 450 g/mol. The summed E-state index contributed by atoms with van der Waals surface area (Å²) in [5, 5.41) is 4.97. The van der Waals surface area contributed by atoms with Crippen molar-refractivity contribution in [2.24, 2.45) is 0 Å². The second kappa shape index (κ2) is 7.78. The van der Waals surface area contributed by atoms with E-state index in [-0.39, 0.29) is 10.8 Å². The fourth-order valence-electron chi connectivity index (χ4n) is 4.20. The van der Waals surface area contributed by atoms with Crippen molar-refractivity contribution in [3.63, 3.8) is 0 Å². The third-order valence-corrected chi connectivity index (χ3v) is 6.98. The molecule has 7 heteroatoms. The van der Waals surface area contributed by atoms with Crippen LogP contribution in [0, 0.1) is 5.82 Å². The Morgan fingerprint density at radius 1 is 1.09 bits per heavy atom. The van der Waals surface area contributed by atoms with Crippen molar-refractivity contribution in [2.45, 2.75) is 78.4 Å². The van der Waals surface area contributed by atoms with Crippen LogP contribution in [0.1, 0.15) is 66.5 Å². The largest absolute Gasteiger partial charge is 0.495 e. The molecular weight excluding hydrogens is 418 g/mol. The Kier molecular flexibility index (Phi) is 5.57.